The summed E-state index contributed by atoms with van der Waals surface area (Å²) in [5, 5.41) is 4.05. The number of nitrogens with zero attached hydrogens (tertiary/aromatic N) is 2. The van der Waals surface area contributed by atoms with Crippen LogP contribution in [0.3, 0.4) is 0 Å². The molecule has 0 aliphatic carbocycles. The number of aromatic nitrogens is 1. The molecule has 3 rings (SSSR count). The number of fused-ring (bicyclic) bond motifs is 1. The molecule has 10 nitrogen and oxygen atoms in total. The van der Waals surface area contributed by atoms with Crippen molar-refractivity contribution >= 4 is 62.0 Å². The molecule has 4 N–H and O–H groups in total. The number of aryl methyl sites for hydroxylation is 1. The molecule has 31 heavy (non-hydrogen) atoms. The molecule has 2 aromatic rings. The van der Waals surface area contributed by atoms with Gasteiger partial charge in [-0.2, -0.15) is 12.7 Å². The summed E-state index contributed by atoms with van der Waals surface area (Å²) >= 11 is 12.3. The maximum Gasteiger partial charge on any atom is 0.303 e. The van der Waals surface area contributed by atoms with Crippen LogP contribution in [0.4, 0.5) is 0 Å². The van der Waals surface area contributed by atoms with E-state index >= 15 is 0 Å². The standard InChI is InChI=1S/C18H21Cl2N5O5S/c1-9(26)23-31(29,30)25-6-5-13(11(8-25)17(21)27)22-18(28)15-7-10-14(24(15)2)4-3-12(19)16(10)20/h3-4,7,11,13H,5-6,8H2,1-2H3,(H2,21,27)(H,22,28)(H,23,26)/t11-,13+/m1/s1. The lowest BCUT2D eigenvalue weighted by atomic mass is 9.92. The fraction of sp³-hybridized carbons (Fsp3) is 0.389. The number of halogens is 2. The number of carbonyl (C=O) groups is 3. The summed E-state index contributed by atoms with van der Waals surface area (Å²) < 4.78 is 29.0. The lowest BCUT2D eigenvalue weighted by Gasteiger charge is -2.36. The summed E-state index contributed by atoms with van der Waals surface area (Å²) in [5.41, 5.74) is 6.45. The van der Waals surface area contributed by atoms with Crippen molar-refractivity contribution in [2.45, 2.75) is 19.4 Å². The van der Waals surface area contributed by atoms with Crippen LogP contribution >= 0.6 is 23.2 Å². The molecule has 168 valence electrons. The van der Waals surface area contributed by atoms with Gasteiger partial charge in [0.25, 0.3) is 5.91 Å². The van der Waals surface area contributed by atoms with Gasteiger partial charge in [-0.15, -0.1) is 0 Å². The Morgan fingerprint density at radius 2 is 1.90 bits per heavy atom. The number of nitrogens with one attached hydrogen (secondary N) is 2. The minimum absolute atomic E-state index is 0.00606. The summed E-state index contributed by atoms with van der Waals surface area (Å²) in [4.78, 5) is 36.1. The number of benzene rings is 1. The minimum Gasteiger partial charge on any atom is -0.369 e. The number of hydrogen-bond donors (Lipinski definition) is 3. The molecule has 13 heteroatoms. The number of hydrogen-bond acceptors (Lipinski definition) is 5. The van der Waals surface area contributed by atoms with E-state index in [1.54, 1.807) is 29.8 Å². The van der Waals surface area contributed by atoms with Crippen LogP contribution in [0.5, 0.6) is 0 Å². The number of nitrogens with two attached hydrogens (primary N) is 1. The number of primary amides is 1. The Bertz CT molecular complexity index is 1180. The van der Waals surface area contributed by atoms with Crippen molar-refractivity contribution in [1.82, 2.24) is 18.9 Å². The Balaban J connectivity index is 1.82. The van der Waals surface area contributed by atoms with Crippen molar-refractivity contribution in [3.63, 3.8) is 0 Å². The molecule has 1 aromatic heterocycles. The van der Waals surface area contributed by atoms with Gasteiger partial charge in [-0.25, -0.2) is 4.72 Å². The van der Waals surface area contributed by atoms with E-state index in [1.165, 1.54) is 0 Å². The third-order valence-electron chi connectivity index (χ3n) is 5.22. The van der Waals surface area contributed by atoms with Gasteiger partial charge < -0.3 is 15.6 Å². The fourth-order valence-electron chi connectivity index (χ4n) is 3.66. The first-order valence-corrected chi connectivity index (χ1v) is 11.4. The molecule has 2 atom stereocenters. The lowest BCUT2D eigenvalue weighted by Crippen LogP contribution is -2.58. The zero-order valence-electron chi connectivity index (χ0n) is 16.7. The van der Waals surface area contributed by atoms with E-state index in [0.29, 0.717) is 20.9 Å². The molecule has 1 aliphatic rings. The molecule has 0 saturated carbocycles. The van der Waals surface area contributed by atoms with E-state index in [1.807, 2.05) is 4.72 Å². The van der Waals surface area contributed by atoms with E-state index in [2.05, 4.69) is 5.32 Å². The van der Waals surface area contributed by atoms with E-state index in [0.717, 1.165) is 11.2 Å². The Morgan fingerprint density at radius 1 is 1.23 bits per heavy atom. The predicted molar refractivity (Wildman–Crippen MR) is 116 cm³/mol. The molecule has 1 fully saturated rings. The summed E-state index contributed by atoms with van der Waals surface area (Å²) in [6.45, 7) is 0.798. The zero-order valence-corrected chi connectivity index (χ0v) is 19.0. The lowest BCUT2D eigenvalue weighted by molar-refractivity contribution is -0.123. The second-order valence-electron chi connectivity index (χ2n) is 7.28. The topological polar surface area (TPSA) is 144 Å². The molecule has 1 saturated heterocycles. The molecule has 1 aliphatic heterocycles. The summed E-state index contributed by atoms with van der Waals surface area (Å²) in [6.07, 6.45) is 0.134. The van der Waals surface area contributed by atoms with Crippen LogP contribution in [-0.4, -0.2) is 54.1 Å². The predicted octanol–water partition coefficient (Wildman–Crippen LogP) is 0.772. The number of rotatable bonds is 5. The highest BCUT2D eigenvalue weighted by Crippen LogP contribution is 2.32. The Kier molecular flexibility index (Phi) is 6.51. The summed E-state index contributed by atoms with van der Waals surface area (Å²) in [7, 11) is -2.41. The average molecular weight is 490 g/mol. The van der Waals surface area contributed by atoms with E-state index in [-0.39, 0.29) is 25.2 Å². The highest BCUT2D eigenvalue weighted by atomic mass is 35.5. The first-order valence-electron chi connectivity index (χ1n) is 9.24. The van der Waals surface area contributed by atoms with Gasteiger partial charge in [0, 0.05) is 44.0 Å². The van der Waals surface area contributed by atoms with Crippen LogP contribution in [0.15, 0.2) is 18.2 Å². The number of piperidine rings is 1. The van der Waals surface area contributed by atoms with Gasteiger partial charge in [0.15, 0.2) is 0 Å². The zero-order chi connectivity index (χ0) is 23.1. The van der Waals surface area contributed by atoms with Crippen molar-refractivity contribution in [3.8, 4) is 0 Å². The van der Waals surface area contributed by atoms with Crippen LogP contribution in [0, 0.1) is 5.92 Å². The molecule has 1 aromatic carbocycles. The average Bonchev–Trinajstić information content (AvgIpc) is 3.01. The van der Waals surface area contributed by atoms with Gasteiger partial charge in [0.05, 0.1) is 16.0 Å². The van der Waals surface area contributed by atoms with Crippen LogP contribution in [0.25, 0.3) is 10.9 Å². The Morgan fingerprint density at radius 3 is 2.52 bits per heavy atom. The first-order chi connectivity index (χ1) is 14.4. The summed E-state index contributed by atoms with van der Waals surface area (Å²) in [6, 6.07) is 4.26. The van der Waals surface area contributed by atoms with E-state index in [4.69, 9.17) is 28.9 Å². The highest BCUT2D eigenvalue weighted by Gasteiger charge is 2.39. The van der Waals surface area contributed by atoms with Crippen molar-refractivity contribution in [2.75, 3.05) is 13.1 Å². The van der Waals surface area contributed by atoms with E-state index in [9.17, 15) is 22.8 Å². The Labute approximate surface area is 188 Å². The van der Waals surface area contributed by atoms with Gasteiger partial charge in [-0.05, 0) is 24.6 Å². The van der Waals surface area contributed by atoms with Gasteiger partial charge in [-0.3, -0.25) is 14.4 Å². The molecule has 3 amide bonds. The number of carbonyl (C=O) groups excluding carboxylic acids is 3. The third kappa shape index (κ3) is 4.64. The number of amides is 3. The molecule has 0 bridgehead atoms. The normalized spacial score (nSPS) is 19.9. The maximum atomic E-state index is 12.9. The van der Waals surface area contributed by atoms with Crippen LogP contribution < -0.4 is 15.8 Å². The molecular formula is C18H21Cl2N5O5S. The van der Waals surface area contributed by atoms with Gasteiger partial charge in [0.2, 0.25) is 11.8 Å². The van der Waals surface area contributed by atoms with Crippen molar-refractivity contribution in [1.29, 1.82) is 0 Å². The second-order valence-corrected chi connectivity index (χ2v) is 9.74. The second kappa shape index (κ2) is 8.65. The third-order valence-corrected chi connectivity index (χ3v) is 7.59. The smallest absolute Gasteiger partial charge is 0.303 e. The van der Waals surface area contributed by atoms with Crippen LogP contribution in [0.2, 0.25) is 10.0 Å². The van der Waals surface area contributed by atoms with Crippen LogP contribution in [0.1, 0.15) is 23.8 Å². The van der Waals surface area contributed by atoms with Gasteiger partial charge in [-0.1, -0.05) is 23.2 Å². The van der Waals surface area contributed by atoms with Gasteiger partial charge >= 0.3 is 10.2 Å². The first kappa shape index (κ1) is 23.3. The maximum absolute atomic E-state index is 12.9. The molecule has 0 spiro atoms. The quantitative estimate of drug-likeness (QED) is 0.567. The molecule has 0 unspecified atom stereocenters. The SMILES string of the molecule is CC(=O)NS(=O)(=O)N1CC[C@H](NC(=O)c2cc3c(Cl)c(Cl)ccc3n2C)[C@H](C(N)=O)C1. The van der Waals surface area contributed by atoms with Crippen molar-refractivity contribution < 1.29 is 22.8 Å². The van der Waals surface area contributed by atoms with Crippen molar-refractivity contribution in [3.05, 3.63) is 33.9 Å². The van der Waals surface area contributed by atoms with Crippen LogP contribution in [-0.2, 0) is 26.8 Å². The van der Waals surface area contributed by atoms with E-state index < -0.39 is 39.9 Å². The minimum atomic E-state index is -4.10. The molecule has 0 radical (unpaired) electrons. The Hall–Kier alpha value is -2.34. The fourth-order valence-corrected chi connectivity index (χ4v) is 5.23. The molecular weight excluding hydrogens is 469 g/mol. The van der Waals surface area contributed by atoms with Crippen molar-refractivity contribution in [2.24, 2.45) is 18.7 Å². The van der Waals surface area contributed by atoms with Gasteiger partial charge in [0.1, 0.15) is 5.69 Å². The monoisotopic (exact) mass is 489 g/mol. The highest BCUT2D eigenvalue weighted by molar-refractivity contribution is 7.87. The molecule has 2 heterocycles. The summed E-state index contributed by atoms with van der Waals surface area (Å²) in [5.74, 6) is -2.96. The largest absolute Gasteiger partial charge is 0.369 e.